The summed E-state index contributed by atoms with van der Waals surface area (Å²) in [4.78, 5) is 33.4. The van der Waals surface area contributed by atoms with Gasteiger partial charge in [-0.15, -0.1) is 0 Å². The molecule has 6 nitrogen and oxygen atoms in total. The molecule has 0 aromatic carbocycles. The molecular weight excluding hydrogens is 224 g/mol. The van der Waals surface area contributed by atoms with Crippen LogP contribution in [-0.2, 0) is 11.8 Å². The van der Waals surface area contributed by atoms with E-state index in [2.05, 4.69) is 5.32 Å². The molecule has 0 saturated heterocycles. The van der Waals surface area contributed by atoms with Gasteiger partial charge in [0.2, 0.25) is 0 Å². The second-order valence-corrected chi connectivity index (χ2v) is 3.59. The minimum atomic E-state index is -0.908. The maximum atomic E-state index is 11.6. The summed E-state index contributed by atoms with van der Waals surface area (Å²) in [6.07, 6.45) is 1.89. The number of aromatic nitrogens is 1. The second kappa shape index (κ2) is 5.83. The summed E-state index contributed by atoms with van der Waals surface area (Å²) in [5.74, 6) is -1.38. The standard InChI is InChI=1S/C11H14N2O4/c1-13-7-3-4-8(11(13)17)10(16)12-6-2-5-9(14)15/h3-4,7H,2,5-6H2,1H3,(H,12,16)(H,14,15). The molecule has 1 rings (SSSR count). The number of nitrogens with zero attached hydrogens (tertiary/aromatic N) is 1. The Hall–Kier alpha value is -2.11. The monoisotopic (exact) mass is 238 g/mol. The third-order valence-corrected chi connectivity index (χ3v) is 2.22. The van der Waals surface area contributed by atoms with Crippen molar-refractivity contribution in [3.05, 3.63) is 34.2 Å². The Morgan fingerprint density at radius 2 is 2.18 bits per heavy atom. The van der Waals surface area contributed by atoms with Crippen molar-refractivity contribution in [1.29, 1.82) is 0 Å². The molecule has 0 unspecified atom stereocenters. The molecule has 0 aliphatic carbocycles. The minimum absolute atomic E-state index is 0.00687. The van der Waals surface area contributed by atoms with E-state index in [1.807, 2.05) is 0 Å². The van der Waals surface area contributed by atoms with Crippen molar-refractivity contribution in [1.82, 2.24) is 9.88 Å². The lowest BCUT2D eigenvalue weighted by Crippen LogP contribution is -2.32. The van der Waals surface area contributed by atoms with Crippen LogP contribution in [0.5, 0.6) is 0 Å². The summed E-state index contributed by atoms with van der Waals surface area (Å²) < 4.78 is 1.31. The van der Waals surface area contributed by atoms with E-state index in [0.717, 1.165) is 0 Å². The Morgan fingerprint density at radius 3 is 2.82 bits per heavy atom. The fourth-order valence-electron chi connectivity index (χ4n) is 1.31. The fourth-order valence-corrected chi connectivity index (χ4v) is 1.31. The van der Waals surface area contributed by atoms with Crippen LogP contribution in [0.4, 0.5) is 0 Å². The van der Waals surface area contributed by atoms with Gasteiger partial charge in [0.05, 0.1) is 0 Å². The van der Waals surface area contributed by atoms with E-state index in [0.29, 0.717) is 6.42 Å². The first-order chi connectivity index (χ1) is 8.02. The molecule has 0 aliphatic rings. The number of rotatable bonds is 5. The molecule has 92 valence electrons. The molecule has 0 radical (unpaired) electrons. The van der Waals surface area contributed by atoms with Gasteiger partial charge in [-0.1, -0.05) is 0 Å². The maximum absolute atomic E-state index is 11.6. The molecule has 1 amide bonds. The Kier molecular flexibility index (Phi) is 4.45. The van der Waals surface area contributed by atoms with Crippen LogP contribution in [0.15, 0.2) is 23.1 Å². The number of nitrogens with one attached hydrogen (secondary N) is 1. The number of carbonyl (C=O) groups is 2. The third kappa shape index (κ3) is 3.75. The van der Waals surface area contributed by atoms with Crippen LogP contribution in [0.1, 0.15) is 23.2 Å². The molecule has 0 bridgehead atoms. The zero-order valence-corrected chi connectivity index (χ0v) is 9.47. The Labute approximate surface area is 97.9 Å². The molecule has 0 atom stereocenters. The van der Waals surface area contributed by atoms with Gasteiger partial charge in [-0.25, -0.2) is 0 Å². The van der Waals surface area contributed by atoms with Crippen molar-refractivity contribution in [3.63, 3.8) is 0 Å². The number of carbonyl (C=O) groups excluding carboxylic acids is 1. The van der Waals surface area contributed by atoms with Crippen molar-refractivity contribution >= 4 is 11.9 Å². The number of carboxylic acids is 1. The van der Waals surface area contributed by atoms with Crippen LogP contribution < -0.4 is 10.9 Å². The van der Waals surface area contributed by atoms with Crippen LogP contribution in [0.2, 0.25) is 0 Å². The van der Waals surface area contributed by atoms with Crippen molar-refractivity contribution in [2.75, 3.05) is 6.54 Å². The van der Waals surface area contributed by atoms with E-state index in [9.17, 15) is 14.4 Å². The van der Waals surface area contributed by atoms with Gasteiger partial charge in [0.15, 0.2) is 0 Å². The number of aliphatic carboxylic acids is 1. The lowest BCUT2D eigenvalue weighted by Gasteiger charge is -2.04. The van der Waals surface area contributed by atoms with E-state index < -0.39 is 11.9 Å². The summed E-state index contributed by atoms with van der Waals surface area (Å²) in [5.41, 5.74) is -0.312. The number of hydrogen-bond donors (Lipinski definition) is 2. The summed E-state index contributed by atoms with van der Waals surface area (Å²) in [6, 6.07) is 3.04. The fraction of sp³-hybridized carbons (Fsp3) is 0.364. The van der Waals surface area contributed by atoms with Gasteiger partial charge in [-0.05, 0) is 18.6 Å². The summed E-state index contributed by atoms with van der Waals surface area (Å²) in [7, 11) is 1.56. The SMILES string of the molecule is Cn1cccc(C(=O)NCCCC(=O)O)c1=O. The number of pyridine rings is 1. The first-order valence-electron chi connectivity index (χ1n) is 5.18. The van der Waals surface area contributed by atoms with E-state index in [4.69, 9.17) is 5.11 Å². The molecule has 1 aromatic heterocycles. The van der Waals surface area contributed by atoms with Gasteiger partial charge < -0.3 is 15.0 Å². The summed E-state index contributed by atoms with van der Waals surface area (Å²) in [6.45, 7) is 0.239. The predicted octanol–water partition coefficient (Wildman–Crippen LogP) is -0.0201. The van der Waals surface area contributed by atoms with E-state index in [-0.39, 0.29) is 24.1 Å². The van der Waals surface area contributed by atoms with Gasteiger partial charge in [0, 0.05) is 26.2 Å². The predicted molar refractivity (Wildman–Crippen MR) is 60.9 cm³/mol. The first kappa shape index (κ1) is 13.0. The van der Waals surface area contributed by atoms with E-state index in [1.165, 1.54) is 10.6 Å². The second-order valence-electron chi connectivity index (χ2n) is 3.59. The van der Waals surface area contributed by atoms with Crippen molar-refractivity contribution < 1.29 is 14.7 Å². The van der Waals surface area contributed by atoms with Crippen LogP contribution in [0, 0.1) is 0 Å². The normalized spacial score (nSPS) is 9.94. The third-order valence-electron chi connectivity index (χ3n) is 2.22. The van der Waals surface area contributed by atoms with Crippen molar-refractivity contribution in [2.45, 2.75) is 12.8 Å². The molecule has 1 heterocycles. The van der Waals surface area contributed by atoms with Crippen LogP contribution >= 0.6 is 0 Å². The number of aryl methyl sites for hydroxylation is 1. The highest BCUT2D eigenvalue weighted by molar-refractivity contribution is 5.93. The molecule has 1 aromatic rings. The Bertz CT molecular complexity index is 479. The summed E-state index contributed by atoms with van der Waals surface area (Å²) >= 11 is 0. The highest BCUT2D eigenvalue weighted by Crippen LogP contribution is 1.92. The van der Waals surface area contributed by atoms with E-state index in [1.54, 1.807) is 19.3 Å². The molecule has 6 heteroatoms. The molecule has 0 spiro atoms. The molecule has 0 aliphatic heterocycles. The van der Waals surface area contributed by atoms with Gasteiger partial charge in [0.25, 0.3) is 11.5 Å². The first-order valence-corrected chi connectivity index (χ1v) is 5.18. The smallest absolute Gasteiger partial charge is 0.303 e. The molecule has 0 fully saturated rings. The van der Waals surface area contributed by atoms with Crippen LogP contribution in [0.25, 0.3) is 0 Å². The Morgan fingerprint density at radius 1 is 1.47 bits per heavy atom. The van der Waals surface area contributed by atoms with Crippen LogP contribution in [0.3, 0.4) is 0 Å². The number of hydrogen-bond acceptors (Lipinski definition) is 3. The van der Waals surface area contributed by atoms with Crippen LogP contribution in [-0.4, -0.2) is 28.1 Å². The summed E-state index contributed by atoms with van der Waals surface area (Å²) in [5, 5.41) is 10.9. The molecule has 0 saturated carbocycles. The quantitative estimate of drug-likeness (QED) is 0.705. The topological polar surface area (TPSA) is 88.4 Å². The van der Waals surface area contributed by atoms with Crippen molar-refractivity contribution in [2.24, 2.45) is 7.05 Å². The molecule has 2 N–H and O–H groups in total. The lowest BCUT2D eigenvalue weighted by atomic mass is 10.2. The van der Waals surface area contributed by atoms with Gasteiger partial charge >= 0.3 is 5.97 Å². The van der Waals surface area contributed by atoms with Gasteiger partial charge in [0.1, 0.15) is 5.56 Å². The van der Waals surface area contributed by atoms with Gasteiger partial charge in [-0.3, -0.25) is 14.4 Å². The highest BCUT2D eigenvalue weighted by atomic mass is 16.4. The lowest BCUT2D eigenvalue weighted by molar-refractivity contribution is -0.137. The van der Waals surface area contributed by atoms with E-state index >= 15 is 0 Å². The average molecular weight is 238 g/mol. The largest absolute Gasteiger partial charge is 0.481 e. The maximum Gasteiger partial charge on any atom is 0.303 e. The molecular formula is C11H14N2O4. The number of carboxylic acid groups (broad SMARTS) is 1. The zero-order valence-electron chi connectivity index (χ0n) is 9.47. The van der Waals surface area contributed by atoms with Crippen molar-refractivity contribution in [3.8, 4) is 0 Å². The average Bonchev–Trinajstić information content (AvgIpc) is 2.27. The zero-order chi connectivity index (χ0) is 12.8. The number of amides is 1. The molecule has 17 heavy (non-hydrogen) atoms. The Balaban J connectivity index is 2.56. The highest BCUT2D eigenvalue weighted by Gasteiger charge is 2.10. The minimum Gasteiger partial charge on any atom is -0.481 e. The van der Waals surface area contributed by atoms with Gasteiger partial charge in [-0.2, -0.15) is 0 Å².